The van der Waals surface area contributed by atoms with Crippen LogP contribution in [0.15, 0.2) is 29.9 Å². The van der Waals surface area contributed by atoms with Crippen LogP contribution < -0.4 is 5.32 Å². The molecule has 1 N–H and O–H groups in total. The fourth-order valence-corrected chi connectivity index (χ4v) is 3.36. The molecule has 0 radical (unpaired) electrons. The van der Waals surface area contributed by atoms with E-state index in [0.29, 0.717) is 0 Å². The lowest BCUT2D eigenvalue weighted by Crippen LogP contribution is -2.19. The summed E-state index contributed by atoms with van der Waals surface area (Å²) in [7, 11) is 1.97. The zero-order chi connectivity index (χ0) is 13.1. The third-order valence-corrected chi connectivity index (χ3v) is 4.34. The number of aromatic nitrogens is 1. The topological polar surface area (TPSA) is 34.1 Å². The van der Waals surface area contributed by atoms with Gasteiger partial charge in [0.15, 0.2) is 0 Å². The van der Waals surface area contributed by atoms with Gasteiger partial charge in [-0.05, 0) is 36.6 Å². The highest BCUT2D eigenvalue weighted by Gasteiger charge is 2.21. The molecule has 4 heteroatoms. The van der Waals surface area contributed by atoms with Crippen LogP contribution in [0.2, 0.25) is 0 Å². The number of likely N-dealkylation sites (N-methyl/N-ethyl adjacent to an activating group) is 1. The molecular formula is C15H18N2OS. The lowest BCUT2D eigenvalue weighted by atomic mass is 9.94. The fourth-order valence-electron chi connectivity index (χ4n) is 2.68. The Labute approximate surface area is 117 Å². The average Bonchev–Trinajstić information content (AvgIpc) is 2.89. The maximum absolute atomic E-state index is 5.97. The molecule has 0 saturated heterocycles. The number of ether oxygens (including phenoxy) is 1. The first-order valence-electron chi connectivity index (χ1n) is 6.67. The summed E-state index contributed by atoms with van der Waals surface area (Å²) in [4.78, 5) is 5.45. The van der Waals surface area contributed by atoms with Crippen molar-refractivity contribution in [2.75, 3.05) is 20.2 Å². The monoisotopic (exact) mass is 274 g/mol. The molecule has 19 heavy (non-hydrogen) atoms. The highest BCUT2D eigenvalue weighted by atomic mass is 32.1. The SMILES string of the molecule is CNC[C@@H]1OCCCc2c(-c3cncs3)cccc21. The standard InChI is InChI=1S/C15H18N2OS/c1-16-8-14-12-4-2-5-13(15-9-17-10-19-15)11(12)6-3-7-18-14/h2,4-5,9-10,14,16H,3,6-8H2,1H3/t14-/m0/s1. The Balaban J connectivity index is 2.07. The Kier molecular flexibility index (Phi) is 3.92. The van der Waals surface area contributed by atoms with Crippen molar-refractivity contribution < 1.29 is 4.74 Å². The van der Waals surface area contributed by atoms with Crippen LogP contribution in [-0.2, 0) is 11.2 Å². The minimum absolute atomic E-state index is 0.162. The first kappa shape index (κ1) is 12.8. The van der Waals surface area contributed by atoms with Gasteiger partial charge in [-0.3, -0.25) is 4.98 Å². The summed E-state index contributed by atoms with van der Waals surface area (Å²) in [5.41, 5.74) is 5.99. The van der Waals surface area contributed by atoms with E-state index in [1.807, 2.05) is 18.8 Å². The van der Waals surface area contributed by atoms with Gasteiger partial charge in [0.05, 0.1) is 16.5 Å². The number of fused-ring (bicyclic) bond motifs is 1. The van der Waals surface area contributed by atoms with Crippen LogP contribution in [0.1, 0.15) is 23.7 Å². The van der Waals surface area contributed by atoms with E-state index in [2.05, 4.69) is 28.5 Å². The molecule has 1 aromatic heterocycles. The summed E-state index contributed by atoms with van der Waals surface area (Å²) in [6, 6.07) is 6.53. The smallest absolute Gasteiger partial charge is 0.0951 e. The molecule has 1 atom stereocenters. The number of hydrogen-bond acceptors (Lipinski definition) is 4. The molecule has 2 aromatic rings. The second-order valence-electron chi connectivity index (χ2n) is 4.76. The molecule has 0 unspecified atom stereocenters. The molecule has 1 aliphatic heterocycles. The van der Waals surface area contributed by atoms with Gasteiger partial charge in [-0.15, -0.1) is 11.3 Å². The number of thiazole rings is 1. The largest absolute Gasteiger partial charge is 0.372 e. The van der Waals surface area contributed by atoms with E-state index in [-0.39, 0.29) is 6.10 Å². The predicted octanol–water partition coefficient (Wildman–Crippen LogP) is 3.03. The summed E-state index contributed by atoms with van der Waals surface area (Å²) in [6.07, 6.45) is 4.29. The summed E-state index contributed by atoms with van der Waals surface area (Å²) < 4.78 is 5.97. The van der Waals surface area contributed by atoms with E-state index >= 15 is 0 Å². The molecule has 0 bridgehead atoms. The van der Waals surface area contributed by atoms with Gasteiger partial charge >= 0.3 is 0 Å². The molecule has 3 rings (SSSR count). The van der Waals surface area contributed by atoms with Crippen molar-refractivity contribution in [1.29, 1.82) is 0 Å². The molecule has 0 amide bonds. The van der Waals surface area contributed by atoms with Crippen molar-refractivity contribution in [3.05, 3.63) is 41.0 Å². The average molecular weight is 274 g/mol. The van der Waals surface area contributed by atoms with Gasteiger partial charge in [0.25, 0.3) is 0 Å². The first-order valence-corrected chi connectivity index (χ1v) is 7.55. The van der Waals surface area contributed by atoms with Gasteiger partial charge in [0.2, 0.25) is 0 Å². The van der Waals surface area contributed by atoms with E-state index in [1.165, 1.54) is 21.6 Å². The number of benzene rings is 1. The molecule has 0 aliphatic carbocycles. The van der Waals surface area contributed by atoms with Crippen LogP contribution >= 0.6 is 11.3 Å². The second-order valence-corrected chi connectivity index (χ2v) is 5.65. The van der Waals surface area contributed by atoms with Crippen molar-refractivity contribution in [3.63, 3.8) is 0 Å². The van der Waals surface area contributed by atoms with Crippen LogP contribution in [0.5, 0.6) is 0 Å². The maximum Gasteiger partial charge on any atom is 0.0951 e. The number of nitrogens with one attached hydrogen (secondary N) is 1. The zero-order valence-electron chi connectivity index (χ0n) is 11.1. The van der Waals surface area contributed by atoms with Crippen LogP contribution in [-0.4, -0.2) is 25.2 Å². The van der Waals surface area contributed by atoms with Crippen molar-refractivity contribution in [2.45, 2.75) is 18.9 Å². The van der Waals surface area contributed by atoms with Crippen LogP contribution in [0.25, 0.3) is 10.4 Å². The van der Waals surface area contributed by atoms with Gasteiger partial charge in [0, 0.05) is 19.3 Å². The molecular weight excluding hydrogens is 256 g/mol. The predicted molar refractivity (Wildman–Crippen MR) is 78.5 cm³/mol. The van der Waals surface area contributed by atoms with E-state index in [0.717, 1.165) is 26.0 Å². The number of hydrogen-bond donors (Lipinski definition) is 1. The van der Waals surface area contributed by atoms with Crippen molar-refractivity contribution >= 4 is 11.3 Å². The molecule has 1 aromatic carbocycles. The molecule has 1 aliphatic rings. The van der Waals surface area contributed by atoms with E-state index in [9.17, 15) is 0 Å². The van der Waals surface area contributed by atoms with Gasteiger partial charge < -0.3 is 10.1 Å². The second kappa shape index (κ2) is 5.82. The summed E-state index contributed by atoms with van der Waals surface area (Å²) >= 11 is 1.70. The summed E-state index contributed by atoms with van der Waals surface area (Å²) in [6.45, 7) is 1.70. The van der Waals surface area contributed by atoms with Crippen molar-refractivity contribution in [2.24, 2.45) is 0 Å². The summed E-state index contributed by atoms with van der Waals surface area (Å²) in [5.74, 6) is 0. The minimum Gasteiger partial charge on any atom is -0.372 e. The van der Waals surface area contributed by atoms with Crippen molar-refractivity contribution in [3.8, 4) is 10.4 Å². The molecule has 0 spiro atoms. The molecule has 3 nitrogen and oxygen atoms in total. The Bertz CT molecular complexity index is 539. The lowest BCUT2D eigenvalue weighted by molar-refractivity contribution is 0.0579. The molecule has 2 heterocycles. The quantitative estimate of drug-likeness (QED) is 0.934. The molecule has 100 valence electrons. The van der Waals surface area contributed by atoms with E-state index < -0.39 is 0 Å². The highest BCUT2D eigenvalue weighted by molar-refractivity contribution is 7.13. The van der Waals surface area contributed by atoms with Gasteiger partial charge in [-0.2, -0.15) is 0 Å². The highest BCUT2D eigenvalue weighted by Crippen LogP contribution is 2.35. The zero-order valence-corrected chi connectivity index (χ0v) is 11.9. The van der Waals surface area contributed by atoms with E-state index in [1.54, 1.807) is 11.3 Å². The normalized spacial score (nSPS) is 18.9. The van der Waals surface area contributed by atoms with Crippen LogP contribution in [0.3, 0.4) is 0 Å². The Hall–Kier alpha value is -1.23. The van der Waals surface area contributed by atoms with Gasteiger partial charge in [-0.1, -0.05) is 18.2 Å². The Morgan fingerprint density at radius 1 is 1.47 bits per heavy atom. The third-order valence-electron chi connectivity index (χ3n) is 3.54. The Morgan fingerprint density at radius 3 is 3.21 bits per heavy atom. The van der Waals surface area contributed by atoms with Crippen molar-refractivity contribution in [1.82, 2.24) is 10.3 Å². The van der Waals surface area contributed by atoms with E-state index in [4.69, 9.17) is 4.74 Å². The van der Waals surface area contributed by atoms with Crippen LogP contribution in [0.4, 0.5) is 0 Å². The lowest BCUT2D eigenvalue weighted by Gasteiger charge is -2.19. The minimum atomic E-state index is 0.162. The summed E-state index contributed by atoms with van der Waals surface area (Å²) in [5, 5.41) is 3.23. The molecule has 0 fully saturated rings. The molecule has 0 saturated carbocycles. The third kappa shape index (κ3) is 2.56. The van der Waals surface area contributed by atoms with Crippen LogP contribution in [0, 0.1) is 0 Å². The first-order chi connectivity index (χ1) is 9.40. The van der Waals surface area contributed by atoms with Gasteiger partial charge in [0.1, 0.15) is 0 Å². The maximum atomic E-state index is 5.97. The fraction of sp³-hybridized carbons (Fsp3) is 0.400. The van der Waals surface area contributed by atoms with Gasteiger partial charge in [-0.25, -0.2) is 0 Å². The number of rotatable bonds is 3. The number of nitrogens with zero attached hydrogens (tertiary/aromatic N) is 1. The Morgan fingerprint density at radius 2 is 2.42 bits per heavy atom.